The number of methoxy groups -OCH3 is 2. The summed E-state index contributed by atoms with van der Waals surface area (Å²) in [6, 6.07) is 2.09. The second kappa shape index (κ2) is 17.3. The van der Waals surface area contributed by atoms with Crippen LogP contribution < -0.4 is 0 Å². The van der Waals surface area contributed by atoms with Gasteiger partial charge >= 0.3 is 8.80 Å². The van der Waals surface area contributed by atoms with Gasteiger partial charge in [-0.15, -0.1) is 0 Å². The highest BCUT2D eigenvalue weighted by Crippen LogP contribution is 2.14. The number of thiol groups is 2. The summed E-state index contributed by atoms with van der Waals surface area (Å²) < 4.78 is 25.7. The molecule has 0 aromatic heterocycles. The SMILES string of the molecule is COC(OC)[SiH2]CCCS.CO[Si](CCCS)(OC)OC. The topological polar surface area (TPSA) is 46.2 Å². The van der Waals surface area contributed by atoms with Gasteiger partial charge in [0, 0.05) is 41.6 Å². The van der Waals surface area contributed by atoms with Gasteiger partial charge in [0.15, 0.2) is 0 Å². The molecule has 0 aliphatic heterocycles. The van der Waals surface area contributed by atoms with E-state index in [9.17, 15) is 0 Å². The predicted molar refractivity (Wildman–Crippen MR) is 99.7 cm³/mol. The van der Waals surface area contributed by atoms with Crippen molar-refractivity contribution in [3.63, 3.8) is 0 Å². The summed E-state index contributed by atoms with van der Waals surface area (Å²) in [5, 5.41) is 0. The zero-order chi connectivity index (χ0) is 16.6. The van der Waals surface area contributed by atoms with Crippen LogP contribution in [0.4, 0.5) is 0 Å². The second-order valence-electron chi connectivity index (χ2n) is 4.24. The van der Waals surface area contributed by atoms with Gasteiger partial charge in [0.05, 0.1) is 9.52 Å². The smallest absolute Gasteiger partial charge is 0.377 e. The Bertz CT molecular complexity index is 200. The van der Waals surface area contributed by atoms with Crippen molar-refractivity contribution in [3.8, 4) is 0 Å². The van der Waals surface area contributed by atoms with Crippen molar-refractivity contribution in [3.05, 3.63) is 0 Å². The maximum Gasteiger partial charge on any atom is 0.500 e. The summed E-state index contributed by atoms with van der Waals surface area (Å²) in [4.78, 5) is 0. The fourth-order valence-corrected chi connectivity index (χ4v) is 5.77. The van der Waals surface area contributed by atoms with Crippen LogP contribution in [0.2, 0.25) is 12.1 Å². The quantitative estimate of drug-likeness (QED) is 0.235. The fourth-order valence-electron chi connectivity index (χ4n) is 1.61. The third-order valence-corrected chi connectivity index (χ3v) is 8.46. The molecule has 0 bridgehead atoms. The molecule has 0 spiro atoms. The molecular weight excluding hydrogens is 344 g/mol. The second-order valence-corrected chi connectivity index (χ2v) is 10.2. The maximum atomic E-state index is 5.20. The van der Waals surface area contributed by atoms with Crippen molar-refractivity contribution in [2.45, 2.75) is 30.8 Å². The lowest BCUT2D eigenvalue weighted by Crippen LogP contribution is -2.42. The molecule has 0 atom stereocenters. The summed E-state index contributed by atoms with van der Waals surface area (Å²) in [7, 11) is 5.79. The maximum absolute atomic E-state index is 5.20. The van der Waals surface area contributed by atoms with Gasteiger partial charge in [0.2, 0.25) is 0 Å². The zero-order valence-corrected chi connectivity index (χ0v) is 18.2. The molecule has 9 heteroatoms. The van der Waals surface area contributed by atoms with Gasteiger partial charge in [-0.2, -0.15) is 25.3 Å². The van der Waals surface area contributed by atoms with E-state index in [0.29, 0.717) is 0 Å². The first-order valence-electron chi connectivity index (χ1n) is 7.02. The van der Waals surface area contributed by atoms with E-state index < -0.39 is 8.80 Å². The first-order chi connectivity index (χ1) is 10.1. The minimum Gasteiger partial charge on any atom is -0.377 e. The molecule has 0 amide bonds. The molecule has 0 aliphatic rings. The Balaban J connectivity index is 0. The van der Waals surface area contributed by atoms with Crippen LogP contribution in [0.1, 0.15) is 12.8 Å². The molecule has 0 N–H and O–H groups in total. The molecule has 0 fully saturated rings. The molecule has 0 rings (SSSR count). The van der Waals surface area contributed by atoms with Crippen LogP contribution in [-0.4, -0.2) is 71.3 Å². The van der Waals surface area contributed by atoms with Gasteiger partial charge in [-0.3, -0.25) is 0 Å². The highest BCUT2D eigenvalue weighted by Gasteiger charge is 2.36. The molecule has 21 heavy (non-hydrogen) atoms. The van der Waals surface area contributed by atoms with Gasteiger partial charge in [-0.05, 0) is 24.3 Å². The zero-order valence-electron chi connectivity index (χ0n) is 14.0. The lowest BCUT2D eigenvalue weighted by Gasteiger charge is -2.23. The molecule has 5 nitrogen and oxygen atoms in total. The van der Waals surface area contributed by atoms with E-state index in [1.807, 2.05) is 0 Å². The highest BCUT2D eigenvalue weighted by atomic mass is 32.1. The summed E-state index contributed by atoms with van der Waals surface area (Å²) in [6.45, 7) is 0. The van der Waals surface area contributed by atoms with E-state index in [1.54, 1.807) is 35.5 Å². The van der Waals surface area contributed by atoms with Crippen LogP contribution >= 0.6 is 25.3 Å². The van der Waals surface area contributed by atoms with Crippen LogP contribution in [0.3, 0.4) is 0 Å². The van der Waals surface area contributed by atoms with Gasteiger partial charge in [0.1, 0.15) is 5.91 Å². The van der Waals surface area contributed by atoms with Crippen molar-refractivity contribution in [1.29, 1.82) is 0 Å². The first-order valence-corrected chi connectivity index (χ1v) is 12.0. The summed E-state index contributed by atoms with van der Waals surface area (Å²) in [6.07, 6.45) is 2.16. The van der Waals surface area contributed by atoms with Gasteiger partial charge in [0.25, 0.3) is 0 Å². The lowest BCUT2D eigenvalue weighted by molar-refractivity contribution is -0.0441. The van der Waals surface area contributed by atoms with Gasteiger partial charge in [-0.25, -0.2) is 0 Å². The van der Waals surface area contributed by atoms with E-state index in [2.05, 4.69) is 25.3 Å². The van der Waals surface area contributed by atoms with Crippen molar-refractivity contribution >= 4 is 43.6 Å². The molecule has 0 heterocycles. The number of rotatable bonds is 12. The van der Waals surface area contributed by atoms with Crippen LogP contribution in [0, 0.1) is 0 Å². The number of ether oxygens (including phenoxy) is 2. The van der Waals surface area contributed by atoms with Crippen LogP contribution in [0.15, 0.2) is 0 Å². The molecule has 0 unspecified atom stereocenters. The average molecular weight is 377 g/mol. The lowest BCUT2D eigenvalue weighted by atomic mass is 10.6. The Kier molecular flexibility index (Phi) is 19.9. The molecule has 0 aliphatic carbocycles. The third-order valence-electron chi connectivity index (χ3n) is 2.95. The normalized spacial score (nSPS) is 12.0. The van der Waals surface area contributed by atoms with E-state index in [4.69, 9.17) is 22.8 Å². The molecule has 0 saturated heterocycles. The minimum atomic E-state index is -2.29. The van der Waals surface area contributed by atoms with Gasteiger partial charge < -0.3 is 22.8 Å². The van der Waals surface area contributed by atoms with Crippen molar-refractivity contribution < 1.29 is 22.8 Å². The Morgan fingerprint density at radius 3 is 1.67 bits per heavy atom. The van der Waals surface area contributed by atoms with Gasteiger partial charge in [-0.1, -0.05) is 6.04 Å². The predicted octanol–water partition coefficient (Wildman–Crippen LogP) is 1.65. The Hall–Kier alpha value is 0.934. The average Bonchev–Trinajstić information content (AvgIpc) is 2.54. The fraction of sp³-hybridized carbons (Fsp3) is 1.00. The summed E-state index contributed by atoms with van der Waals surface area (Å²) in [5.74, 6) is 1.93. The standard InChI is InChI=1S/C6H16O3SSi.C6H16O2SSi/c1-7-11(8-2,9-3)6-4-5-10;1-7-6(8-2)10-5-3-4-9/h10H,4-6H2,1-3H3;6,9H,3-5,10H2,1-2H3. The molecule has 0 saturated carbocycles. The van der Waals surface area contributed by atoms with Crippen LogP contribution in [-0.2, 0) is 22.8 Å². The van der Waals surface area contributed by atoms with E-state index >= 15 is 0 Å². The Morgan fingerprint density at radius 1 is 0.857 bits per heavy atom. The third kappa shape index (κ3) is 13.1. The van der Waals surface area contributed by atoms with Crippen LogP contribution in [0.5, 0.6) is 0 Å². The molecule has 0 aromatic carbocycles. The van der Waals surface area contributed by atoms with E-state index in [0.717, 1.165) is 24.0 Å². The minimum absolute atomic E-state index is 0.111. The Labute approximate surface area is 144 Å². The monoisotopic (exact) mass is 376 g/mol. The number of hydrogen-bond acceptors (Lipinski definition) is 7. The molecular formula is C12H32O5S2Si2. The van der Waals surface area contributed by atoms with E-state index in [-0.39, 0.29) is 15.4 Å². The van der Waals surface area contributed by atoms with Crippen molar-refractivity contribution in [2.24, 2.45) is 0 Å². The Morgan fingerprint density at radius 2 is 1.33 bits per heavy atom. The van der Waals surface area contributed by atoms with Crippen molar-refractivity contribution in [2.75, 3.05) is 47.1 Å². The summed E-state index contributed by atoms with van der Waals surface area (Å²) in [5.41, 5.74) is 0. The largest absolute Gasteiger partial charge is 0.500 e. The molecule has 0 radical (unpaired) electrons. The van der Waals surface area contributed by atoms with E-state index in [1.165, 1.54) is 12.5 Å². The number of hydrogen-bond donors (Lipinski definition) is 2. The summed E-state index contributed by atoms with van der Waals surface area (Å²) >= 11 is 8.23. The van der Waals surface area contributed by atoms with Crippen LogP contribution in [0.25, 0.3) is 0 Å². The van der Waals surface area contributed by atoms with Crippen molar-refractivity contribution in [1.82, 2.24) is 0 Å². The highest BCUT2D eigenvalue weighted by molar-refractivity contribution is 7.80. The first kappa shape index (κ1) is 24.2. The molecule has 130 valence electrons. The molecule has 0 aromatic rings.